The molecule has 0 spiro atoms. The van der Waals surface area contributed by atoms with E-state index in [2.05, 4.69) is 10.4 Å². The molecule has 2 rings (SSSR count). The van der Waals surface area contributed by atoms with Crippen molar-refractivity contribution >= 4 is 17.5 Å². The van der Waals surface area contributed by atoms with Crippen LogP contribution in [0.2, 0.25) is 5.02 Å². The molecule has 94 valence electrons. The lowest BCUT2D eigenvalue weighted by Crippen LogP contribution is -2.25. The summed E-state index contributed by atoms with van der Waals surface area (Å²) in [6.07, 6.45) is 1.63. The lowest BCUT2D eigenvalue weighted by atomic mass is 10.3. The number of hydrogen-bond donors (Lipinski definition) is 1. The molecule has 0 atom stereocenters. The van der Waals surface area contributed by atoms with E-state index in [4.69, 9.17) is 16.3 Å². The summed E-state index contributed by atoms with van der Waals surface area (Å²) in [6.45, 7) is -0.109. The van der Waals surface area contributed by atoms with Crippen LogP contribution in [0.4, 0.5) is 0 Å². The molecule has 1 aromatic carbocycles. The quantitative estimate of drug-likeness (QED) is 0.915. The van der Waals surface area contributed by atoms with E-state index in [0.29, 0.717) is 5.02 Å². The summed E-state index contributed by atoms with van der Waals surface area (Å²) in [6, 6.07) is 9.50. The Bertz CT molecular complexity index is 540. The van der Waals surface area contributed by atoms with Crippen LogP contribution in [-0.4, -0.2) is 29.3 Å². The number of aromatic nitrogens is 2. The van der Waals surface area contributed by atoms with E-state index in [1.165, 1.54) is 7.05 Å². The van der Waals surface area contributed by atoms with Gasteiger partial charge in [-0.1, -0.05) is 29.8 Å². The Hall–Kier alpha value is -2.01. The standard InChI is InChI=1S/C12H12ClN3O2/c1-14-11(17)8-18-12-10(13)7-16(15-12)9-5-3-2-4-6-9/h2-7H,8H2,1H3,(H,14,17). The maximum atomic E-state index is 11.1. The second-order valence-corrected chi connectivity index (χ2v) is 3.93. The van der Waals surface area contributed by atoms with Crippen molar-refractivity contribution in [1.82, 2.24) is 15.1 Å². The van der Waals surface area contributed by atoms with Crippen molar-refractivity contribution < 1.29 is 9.53 Å². The zero-order valence-electron chi connectivity index (χ0n) is 9.76. The topological polar surface area (TPSA) is 56.1 Å². The number of hydrogen-bond acceptors (Lipinski definition) is 3. The van der Waals surface area contributed by atoms with E-state index in [1.807, 2.05) is 30.3 Å². The van der Waals surface area contributed by atoms with E-state index in [9.17, 15) is 4.79 Å². The fourth-order valence-corrected chi connectivity index (χ4v) is 1.54. The van der Waals surface area contributed by atoms with Gasteiger partial charge in [-0.05, 0) is 12.1 Å². The minimum Gasteiger partial charge on any atom is -0.465 e. The van der Waals surface area contributed by atoms with E-state index in [0.717, 1.165) is 5.69 Å². The Kier molecular flexibility index (Phi) is 3.84. The van der Waals surface area contributed by atoms with Crippen molar-refractivity contribution in [2.75, 3.05) is 13.7 Å². The van der Waals surface area contributed by atoms with Gasteiger partial charge >= 0.3 is 0 Å². The Morgan fingerprint density at radius 3 is 2.83 bits per heavy atom. The van der Waals surface area contributed by atoms with Gasteiger partial charge in [0.25, 0.3) is 11.8 Å². The summed E-state index contributed by atoms with van der Waals surface area (Å²) in [5, 5.41) is 6.98. The van der Waals surface area contributed by atoms with E-state index >= 15 is 0 Å². The minimum absolute atomic E-state index is 0.109. The number of halogens is 1. The maximum Gasteiger partial charge on any atom is 0.257 e. The highest BCUT2D eigenvalue weighted by Crippen LogP contribution is 2.23. The zero-order chi connectivity index (χ0) is 13.0. The fourth-order valence-electron chi connectivity index (χ4n) is 1.35. The number of carbonyl (C=O) groups is 1. The molecule has 2 aromatic rings. The van der Waals surface area contributed by atoms with Crippen molar-refractivity contribution in [3.8, 4) is 11.6 Å². The van der Waals surface area contributed by atoms with Crippen LogP contribution in [0.3, 0.4) is 0 Å². The third-order valence-electron chi connectivity index (χ3n) is 2.28. The van der Waals surface area contributed by atoms with E-state index in [-0.39, 0.29) is 18.4 Å². The first kappa shape index (κ1) is 12.4. The second-order valence-electron chi connectivity index (χ2n) is 3.52. The Morgan fingerprint density at radius 2 is 2.17 bits per heavy atom. The van der Waals surface area contributed by atoms with Crippen LogP contribution in [0.5, 0.6) is 5.88 Å². The average Bonchev–Trinajstić information content (AvgIpc) is 2.78. The summed E-state index contributed by atoms with van der Waals surface area (Å²) in [5.41, 5.74) is 0.870. The van der Waals surface area contributed by atoms with Gasteiger partial charge in [0.2, 0.25) is 0 Å². The molecule has 0 fully saturated rings. The smallest absolute Gasteiger partial charge is 0.257 e. The molecule has 0 aliphatic carbocycles. The lowest BCUT2D eigenvalue weighted by Gasteiger charge is -2.02. The van der Waals surface area contributed by atoms with Crippen LogP contribution in [0, 0.1) is 0 Å². The highest BCUT2D eigenvalue weighted by atomic mass is 35.5. The average molecular weight is 266 g/mol. The van der Waals surface area contributed by atoms with Crippen LogP contribution in [0.25, 0.3) is 5.69 Å². The first-order valence-electron chi connectivity index (χ1n) is 5.34. The number of rotatable bonds is 4. The van der Waals surface area contributed by atoms with Crippen LogP contribution in [0.15, 0.2) is 36.5 Å². The summed E-state index contributed by atoms with van der Waals surface area (Å²) < 4.78 is 6.81. The van der Waals surface area contributed by atoms with Gasteiger partial charge in [0.05, 0.1) is 11.9 Å². The summed E-state index contributed by atoms with van der Waals surface area (Å²) in [4.78, 5) is 11.1. The molecule has 1 amide bonds. The predicted molar refractivity (Wildman–Crippen MR) is 68.1 cm³/mol. The van der Waals surface area contributed by atoms with Gasteiger partial charge in [-0.15, -0.1) is 5.10 Å². The molecule has 0 saturated carbocycles. The van der Waals surface area contributed by atoms with Crippen molar-refractivity contribution in [1.29, 1.82) is 0 Å². The third-order valence-corrected chi connectivity index (χ3v) is 2.54. The fraction of sp³-hybridized carbons (Fsp3) is 0.167. The highest BCUT2D eigenvalue weighted by molar-refractivity contribution is 6.31. The summed E-state index contributed by atoms with van der Waals surface area (Å²) >= 11 is 5.98. The Balaban J connectivity index is 2.15. The zero-order valence-corrected chi connectivity index (χ0v) is 10.5. The van der Waals surface area contributed by atoms with Crippen molar-refractivity contribution in [2.24, 2.45) is 0 Å². The SMILES string of the molecule is CNC(=O)COc1nn(-c2ccccc2)cc1Cl. The third kappa shape index (κ3) is 2.81. The van der Waals surface area contributed by atoms with E-state index < -0.39 is 0 Å². The van der Waals surface area contributed by atoms with Crippen LogP contribution in [0.1, 0.15) is 0 Å². The molecule has 0 bridgehead atoms. The highest BCUT2D eigenvalue weighted by Gasteiger charge is 2.10. The number of ether oxygens (including phenoxy) is 1. The van der Waals surface area contributed by atoms with E-state index in [1.54, 1.807) is 10.9 Å². The van der Waals surface area contributed by atoms with Gasteiger partial charge in [0, 0.05) is 7.05 Å². The predicted octanol–water partition coefficient (Wildman–Crippen LogP) is 1.65. The molecule has 5 nitrogen and oxygen atoms in total. The largest absolute Gasteiger partial charge is 0.465 e. The number of nitrogens with zero attached hydrogens (tertiary/aromatic N) is 2. The van der Waals surface area contributed by atoms with Crippen molar-refractivity contribution in [3.05, 3.63) is 41.6 Å². The lowest BCUT2D eigenvalue weighted by molar-refractivity contribution is -0.122. The molecule has 0 aliphatic rings. The van der Waals surface area contributed by atoms with Crippen LogP contribution >= 0.6 is 11.6 Å². The van der Waals surface area contributed by atoms with Crippen molar-refractivity contribution in [2.45, 2.75) is 0 Å². The minimum atomic E-state index is -0.236. The molecule has 0 radical (unpaired) electrons. The Morgan fingerprint density at radius 1 is 1.44 bits per heavy atom. The molecular weight excluding hydrogens is 254 g/mol. The molecule has 0 saturated heterocycles. The first-order valence-corrected chi connectivity index (χ1v) is 5.72. The molecular formula is C12H12ClN3O2. The molecule has 0 unspecified atom stereocenters. The first-order chi connectivity index (χ1) is 8.70. The molecule has 1 heterocycles. The molecule has 1 aromatic heterocycles. The van der Waals surface area contributed by atoms with Gasteiger partial charge in [0.15, 0.2) is 6.61 Å². The molecule has 0 aliphatic heterocycles. The number of nitrogens with one attached hydrogen (secondary N) is 1. The molecule has 6 heteroatoms. The number of amides is 1. The number of carbonyl (C=O) groups excluding carboxylic acids is 1. The number of likely N-dealkylation sites (N-methyl/N-ethyl adjacent to an activating group) is 1. The van der Waals surface area contributed by atoms with Crippen LogP contribution < -0.4 is 10.1 Å². The second kappa shape index (κ2) is 5.55. The van der Waals surface area contributed by atoms with Gasteiger partial charge in [-0.25, -0.2) is 4.68 Å². The van der Waals surface area contributed by atoms with Crippen LogP contribution in [-0.2, 0) is 4.79 Å². The van der Waals surface area contributed by atoms with Gasteiger partial charge < -0.3 is 10.1 Å². The van der Waals surface area contributed by atoms with Gasteiger partial charge in [0.1, 0.15) is 5.02 Å². The van der Waals surface area contributed by atoms with Crippen molar-refractivity contribution in [3.63, 3.8) is 0 Å². The normalized spacial score (nSPS) is 10.1. The van der Waals surface area contributed by atoms with Gasteiger partial charge in [-0.3, -0.25) is 4.79 Å². The Labute approximate surface area is 109 Å². The summed E-state index contributed by atoms with van der Waals surface area (Å²) in [5.74, 6) is 0.00412. The summed E-state index contributed by atoms with van der Waals surface area (Å²) in [7, 11) is 1.54. The maximum absolute atomic E-state index is 11.1. The molecule has 18 heavy (non-hydrogen) atoms. The van der Waals surface area contributed by atoms with Gasteiger partial charge in [-0.2, -0.15) is 0 Å². The number of benzene rings is 1. The number of para-hydroxylation sites is 1. The molecule has 1 N–H and O–H groups in total. The monoisotopic (exact) mass is 265 g/mol.